The molecule has 246 valence electrons. The van der Waals surface area contributed by atoms with Crippen LogP contribution in [0.15, 0.2) is 103 Å². The third-order valence-electron chi connectivity index (χ3n) is 7.08. The lowest BCUT2D eigenvalue weighted by molar-refractivity contribution is -0.157. The summed E-state index contributed by atoms with van der Waals surface area (Å²) < 4.78 is 34.1. The Hall–Kier alpha value is -5.55. The Labute approximate surface area is 272 Å². The highest BCUT2D eigenvalue weighted by molar-refractivity contribution is 5.73. The number of hydrogen-bond donors (Lipinski definition) is 2. The van der Waals surface area contributed by atoms with Gasteiger partial charge in [0.05, 0.1) is 27.4 Å². The minimum absolute atomic E-state index is 0.00716. The molecule has 11 heteroatoms. The van der Waals surface area contributed by atoms with E-state index in [1.807, 2.05) is 78.9 Å². The highest BCUT2D eigenvalue weighted by atomic mass is 16.6. The van der Waals surface area contributed by atoms with Crippen molar-refractivity contribution in [2.45, 2.75) is 18.6 Å². The lowest BCUT2D eigenvalue weighted by atomic mass is 9.80. The van der Waals surface area contributed by atoms with Gasteiger partial charge in [-0.15, -0.1) is 0 Å². The van der Waals surface area contributed by atoms with Gasteiger partial charge in [0.2, 0.25) is 5.91 Å². The summed E-state index contributed by atoms with van der Waals surface area (Å²) in [6, 6.07) is 30.8. The van der Waals surface area contributed by atoms with Crippen LogP contribution in [0.3, 0.4) is 0 Å². The largest absolute Gasteiger partial charge is 0.497 e. The molecule has 0 aromatic heterocycles. The zero-order chi connectivity index (χ0) is 33.6. The summed E-state index contributed by atoms with van der Waals surface area (Å²) in [4.78, 5) is 35.5. The van der Waals surface area contributed by atoms with Gasteiger partial charge in [0, 0.05) is 6.92 Å². The monoisotopic (exact) mass is 643 g/mol. The summed E-state index contributed by atoms with van der Waals surface area (Å²) >= 11 is 0. The lowest BCUT2D eigenvalue weighted by Gasteiger charge is -2.37. The van der Waals surface area contributed by atoms with E-state index < -0.39 is 36.9 Å². The van der Waals surface area contributed by atoms with Crippen LogP contribution in [-0.4, -0.2) is 69.6 Å². The van der Waals surface area contributed by atoms with E-state index in [4.69, 9.17) is 33.5 Å². The highest BCUT2D eigenvalue weighted by Gasteiger charge is 2.39. The van der Waals surface area contributed by atoms with E-state index in [1.54, 1.807) is 26.4 Å². The molecule has 4 aromatic rings. The van der Waals surface area contributed by atoms with Crippen molar-refractivity contribution in [1.82, 2.24) is 5.32 Å². The predicted molar refractivity (Wildman–Crippen MR) is 172 cm³/mol. The molecule has 1 atom stereocenters. The van der Waals surface area contributed by atoms with E-state index in [2.05, 4.69) is 5.32 Å². The number of ether oxygens (including phenoxy) is 6. The fourth-order valence-corrected chi connectivity index (χ4v) is 4.82. The first-order chi connectivity index (χ1) is 22.7. The van der Waals surface area contributed by atoms with E-state index in [1.165, 1.54) is 19.1 Å². The minimum atomic E-state index is -1.17. The van der Waals surface area contributed by atoms with Crippen LogP contribution in [0.2, 0.25) is 0 Å². The molecule has 0 aliphatic rings. The van der Waals surface area contributed by atoms with Gasteiger partial charge in [0.25, 0.3) is 0 Å². The number of hydrogen-bond acceptors (Lipinski definition) is 9. The summed E-state index contributed by atoms with van der Waals surface area (Å²) in [6.07, 6.45) is -0.888. The van der Waals surface area contributed by atoms with Gasteiger partial charge in [-0.2, -0.15) is 0 Å². The third-order valence-corrected chi connectivity index (χ3v) is 7.08. The van der Waals surface area contributed by atoms with Gasteiger partial charge >= 0.3 is 11.9 Å². The number of carboxylic acid groups (broad SMARTS) is 1. The molecule has 0 aliphatic carbocycles. The molecule has 0 aliphatic heterocycles. The minimum Gasteiger partial charge on any atom is -0.497 e. The summed E-state index contributed by atoms with van der Waals surface area (Å²) in [6.45, 7) is 0.358. The first-order valence-electron chi connectivity index (χ1n) is 14.7. The third kappa shape index (κ3) is 9.47. The van der Waals surface area contributed by atoms with Crippen molar-refractivity contribution >= 4 is 17.8 Å². The number of amides is 1. The zero-order valence-corrected chi connectivity index (χ0v) is 26.3. The maximum Gasteiger partial charge on any atom is 0.344 e. The van der Waals surface area contributed by atoms with Crippen LogP contribution in [0.25, 0.3) is 0 Å². The van der Waals surface area contributed by atoms with Crippen LogP contribution in [-0.2, 0) is 29.5 Å². The molecule has 0 spiro atoms. The van der Waals surface area contributed by atoms with Crippen molar-refractivity contribution in [1.29, 1.82) is 0 Å². The molecule has 1 unspecified atom stereocenters. The number of methoxy groups -OCH3 is 2. The molecule has 11 nitrogen and oxygen atoms in total. The number of benzene rings is 4. The van der Waals surface area contributed by atoms with Gasteiger partial charge in [0.1, 0.15) is 34.7 Å². The lowest BCUT2D eigenvalue weighted by Crippen LogP contribution is -2.41. The van der Waals surface area contributed by atoms with E-state index in [0.29, 0.717) is 23.0 Å². The van der Waals surface area contributed by atoms with E-state index in [0.717, 1.165) is 16.7 Å². The number of carbonyl (C=O) groups is 3. The molecule has 0 fully saturated rings. The normalized spacial score (nSPS) is 11.6. The maximum absolute atomic E-state index is 13.0. The van der Waals surface area contributed by atoms with Crippen molar-refractivity contribution in [3.63, 3.8) is 0 Å². The molecule has 0 bridgehead atoms. The number of aliphatic carboxylic acids is 1. The van der Waals surface area contributed by atoms with Crippen LogP contribution in [0.4, 0.5) is 0 Å². The van der Waals surface area contributed by atoms with E-state index >= 15 is 0 Å². The Bertz CT molecular complexity index is 1540. The van der Waals surface area contributed by atoms with Gasteiger partial charge in [-0.1, -0.05) is 54.6 Å². The van der Waals surface area contributed by atoms with Crippen molar-refractivity contribution in [2.24, 2.45) is 0 Å². The number of esters is 1. The fourth-order valence-electron chi connectivity index (χ4n) is 4.82. The van der Waals surface area contributed by atoms with E-state index in [-0.39, 0.29) is 19.1 Å². The second kappa shape index (κ2) is 16.7. The molecule has 0 heterocycles. The second-order valence-electron chi connectivity index (χ2n) is 10.3. The van der Waals surface area contributed by atoms with Crippen molar-refractivity contribution < 1.29 is 47.9 Å². The predicted octanol–water partition coefficient (Wildman–Crippen LogP) is 4.60. The first-order valence-corrected chi connectivity index (χ1v) is 14.7. The van der Waals surface area contributed by atoms with Crippen LogP contribution in [0, 0.1) is 0 Å². The average Bonchev–Trinajstić information content (AvgIpc) is 3.10. The molecule has 2 N–H and O–H groups in total. The summed E-state index contributed by atoms with van der Waals surface area (Å²) in [5.41, 5.74) is 1.23. The highest BCUT2D eigenvalue weighted by Crippen LogP contribution is 2.41. The second-order valence-corrected chi connectivity index (χ2v) is 10.3. The molecule has 4 rings (SSSR count). The first kappa shape index (κ1) is 34.3. The topological polar surface area (TPSA) is 139 Å². The molecule has 0 radical (unpaired) electrons. The molecule has 0 saturated carbocycles. The zero-order valence-electron chi connectivity index (χ0n) is 26.3. The number of carboxylic acids is 1. The van der Waals surface area contributed by atoms with Gasteiger partial charge in [-0.3, -0.25) is 4.79 Å². The van der Waals surface area contributed by atoms with Crippen molar-refractivity contribution in [2.75, 3.05) is 40.6 Å². The molecule has 0 saturated heterocycles. The van der Waals surface area contributed by atoms with Gasteiger partial charge < -0.3 is 38.8 Å². The standard InChI is InChI=1S/C36H37NO10/c1-25(38)37-21-33(47-35(41)24-45-32-19-17-31(18-20-32)44-23-34(39)40)22-46-36(26-7-5-4-6-8-26,27-9-13-29(42-2)14-10-27)28-11-15-30(43-3)16-12-28/h4-20,33H,21-24H2,1-3H3,(H,37,38)(H,39,40). The Morgan fingerprint density at radius 3 is 1.62 bits per heavy atom. The smallest absolute Gasteiger partial charge is 0.344 e. The number of carbonyl (C=O) groups excluding carboxylic acids is 2. The van der Waals surface area contributed by atoms with Gasteiger partial charge in [0.15, 0.2) is 13.2 Å². The molecule has 47 heavy (non-hydrogen) atoms. The van der Waals surface area contributed by atoms with Crippen LogP contribution >= 0.6 is 0 Å². The Morgan fingerprint density at radius 2 is 1.15 bits per heavy atom. The van der Waals surface area contributed by atoms with Gasteiger partial charge in [-0.05, 0) is 65.2 Å². The summed E-state index contributed by atoms with van der Waals surface area (Å²) in [5.74, 6) is -0.0519. The maximum atomic E-state index is 13.0. The fraction of sp³-hybridized carbons (Fsp3) is 0.250. The SMILES string of the molecule is COc1ccc(C(OCC(CNC(C)=O)OC(=O)COc2ccc(OCC(=O)O)cc2)(c2ccccc2)c2ccc(OC)cc2)cc1. The number of nitrogens with one attached hydrogen (secondary N) is 1. The number of rotatable bonds is 17. The quantitative estimate of drug-likeness (QED) is 0.124. The van der Waals surface area contributed by atoms with Crippen LogP contribution < -0.4 is 24.3 Å². The molecule has 4 aromatic carbocycles. The molecule has 1 amide bonds. The van der Waals surface area contributed by atoms with Crippen molar-refractivity contribution in [3.05, 3.63) is 120 Å². The van der Waals surface area contributed by atoms with E-state index in [9.17, 15) is 14.4 Å². The Morgan fingerprint density at radius 1 is 0.681 bits per heavy atom. The summed E-state index contributed by atoms with van der Waals surface area (Å²) in [7, 11) is 3.19. The summed E-state index contributed by atoms with van der Waals surface area (Å²) in [5, 5.41) is 11.5. The molecular weight excluding hydrogens is 606 g/mol. The molecular formula is C36H37NO10. The van der Waals surface area contributed by atoms with Crippen LogP contribution in [0.1, 0.15) is 23.6 Å². The average molecular weight is 644 g/mol. The van der Waals surface area contributed by atoms with Gasteiger partial charge in [-0.25, -0.2) is 9.59 Å². The Kier molecular flexibility index (Phi) is 12.2. The van der Waals surface area contributed by atoms with Crippen LogP contribution in [0.5, 0.6) is 23.0 Å². The van der Waals surface area contributed by atoms with Crippen molar-refractivity contribution in [3.8, 4) is 23.0 Å². The Balaban J connectivity index is 1.59.